The molecule has 0 unspecified atom stereocenters. The standard InChI is InChI=1S/C10H18N2O/c1-5-7-9(8(3)11-4)10(6-2)12-13/h11H,3,5-7H2,1-2,4H3/b10-9+. The Kier molecular flexibility index (Phi) is 5.85. The van der Waals surface area contributed by atoms with E-state index in [1.54, 1.807) is 7.05 Å². The van der Waals surface area contributed by atoms with Crippen molar-refractivity contribution in [3.63, 3.8) is 0 Å². The highest BCUT2D eigenvalue weighted by atomic mass is 16.3. The van der Waals surface area contributed by atoms with Gasteiger partial charge in [0.15, 0.2) is 0 Å². The third-order valence-electron chi connectivity index (χ3n) is 1.96. The molecular weight excluding hydrogens is 164 g/mol. The van der Waals surface area contributed by atoms with E-state index in [2.05, 4.69) is 24.0 Å². The first kappa shape index (κ1) is 11.9. The molecule has 0 saturated carbocycles. The van der Waals surface area contributed by atoms with Crippen LogP contribution < -0.4 is 5.32 Å². The molecule has 0 rings (SSSR count). The van der Waals surface area contributed by atoms with Gasteiger partial charge in [-0.25, -0.2) is 0 Å². The van der Waals surface area contributed by atoms with E-state index in [0.29, 0.717) is 12.1 Å². The molecule has 3 heteroatoms. The average molecular weight is 182 g/mol. The van der Waals surface area contributed by atoms with Crippen LogP contribution >= 0.6 is 0 Å². The van der Waals surface area contributed by atoms with Crippen LogP contribution in [0.4, 0.5) is 0 Å². The Morgan fingerprint density at radius 2 is 2.08 bits per heavy atom. The molecule has 74 valence electrons. The van der Waals surface area contributed by atoms with Gasteiger partial charge in [-0.3, -0.25) is 0 Å². The quantitative estimate of drug-likeness (QED) is 0.507. The van der Waals surface area contributed by atoms with E-state index < -0.39 is 0 Å². The van der Waals surface area contributed by atoms with Crippen molar-refractivity contribution in [1.82, 2.24) is 5.32 Å². The molecule has 0 saturated heterocycles. The summed E-state index contributed by atoms with van der Waals surface area (Å²) in [6.07, 6.45) is 2.52. The fourth-order valence-corrected chi connectivity index (χ4v) is 1.20. The highest BCUT2D eigenvalue weighted by molar-refractivity contribution is 5.31. The smallest absolute Gasteiger partial charge is 0.0898 e. The number of nitrogens with zero attached hydrogens (tertiary/aromatic N) is 1. The Labute approximate surface area is 79.9 Å². The Morgan fingerprint density at radius 1 is 1.46 bits per heavy atom. The number of hydrogen-bond donors (Lipinski definition) is 1. The first-order chi connectivity index (χ1) is 6.21. The van der Waals surface area contributed by atoms with Crippen LogP contribution in [-0.4, -0.2) is 7.05 Å². The van der Waals surface area contributed by atoms with Crippen molar-refractivity contribution in [2.45, 2.75) is 33.1 Å². The summed E-state index contributed by atoms with van der Waals surface area (Å²) in [4.78, 5) is 10.5. The molecule has 0 bridgehead atoms. The zero-order valence-electron chi connectivity index (χ0n) is 8.68. The first-order valence-corrected chi connectivity index (χ1v) is 4.63. The van der Waals surface area contributed by atoms with Crippen LogP contribution in [0.2, 0.25) is 0 Å². The number of rotatable bonds is 6. The molecule has 0 aromatic heterocycles. The van der Waals surface area contributed by atoms with Crippen molar-refractivity contribution in [2.75, 3.05) is 7.05 Å². The summed E-state index contributed by atoms with van der Waals surface area (Å²) in [6, 6.07) is 0. The van der Waals surface area contributed by atoms with E-state index in [9.17, 15) is 4.91 Å². The zero-order valence-corrected chi connectivity index (χ0v) is 8.68. The molecule has 0 aliphatic heterocycles. The molecule has 13 heavy (non-hydrogen) atoms. The van der Waals surface area contributed by atoms with Crippen LogP contribution in [0.1, 0.15) is 33.1 Å². The van der Waals surface area contributed by atoms with Gasteiger partial charge in [-0.05, 0) is 23.6 Å². The van der Waals surface area contributed by atoms with Gasteiger partial charge >= 0.3 is 0 Å². The molecule has 3 nitrogen and oxygen atoms in total. The van der Waals surface area contributed by atoms with Gasteiger partial charge in [0.2, 0.25) is 0 Å². The van der Waals surface area contributed by atoms with Gasteiger partial charge in [0.1, 0.15) is 0 Å². The summed E-state index contributed by atoms with van der Waals surface area (Å²) >= 11 is 0. The Morgan fingerprint density at radius 3 is 2.38 bits per heavy atom. The molecule has 0 aliphatic carbocycles. The van der Waals surface area contributed by atoms with Gasteiger partial charge in [0.05, 0.1) is 5.70 Å². The van der Waals surface area contributed by atoms with Crippen LogP contribution in [0, 0.1) is 4.91 Å². The lowest BCUT2D eigenvalue weighted by Gasteiger charge is -2.10. The Bertz CT molecular complexity index is 219. The van der Waals surface area contributed by atoms with E-state index in [4.69, 9.17) is 0 Å². The molecule has 0 radical (unpaired) electrons. The number of allylic oxidation sites excluding steroid dienone is 2. The molecule has 1 N–H and O–H groups in total. The first-order valence-electron chi connectivity index (χ1n) is 4.63. The summed E-state index contributed by atoms with van der Waals surface area (Å²) in [6.45, 7) is 7.84. The van der Waals surface area contributed by atoms with E-state index in [1.165, 1.54) is 0 Å². The van der Waals surface area contributed by atoms with Gasteiger partial charge in [-0.15, -0.1) is 4.91 Å². The number of hydrogen-bond acceptors (Lipinski definition) is 3. The minimum atomic E-state index is 0.612. The van der Waals surface area contributed by atoms with E-state index >= 15 is 0 Å². The fourth-order valence-electron chi connectivity index (χ4n) is 1.20. The van der Waals surface area contributed by atoms with Crippen LogP contribution in [0.15, 0.2) is 28.7 Å². The zero-order chi connectivity index (χ0) is 10.3. The molecule has 0 spiro atoms. The molecule has 0 aromatic carbocycles. The normalized spacial score (nSPS) is 11.9. The predicted molar refractivity (Wildman–Crippen MR) is 56.2 cm³/mol. The average Bonchev–Trinajstić information content (AvgIpc) is 2.17. The fraction of sp³-hybridized carbons (Fsp3) is 0.600. The largest absolute Gasteiger partial charge is 0.388 e. The van der Waals surface area contributed by atoms with Gasteiger partial charge in [-0.1, -0.05) is 26.8 Å². The SMILES string of the molecule is C=C(NC)/C(CCC)=C(\CC)N=O. The second-order valence-electron chi connectivity index (χ2n) is 2.85. The predicted octanol–water partition coefficient (Wildman–Crippen LogP) is 2.95. The summed E-state index contributed by atoms with van der Waals surface area (Å²) in [5.41, 5.74) is 2.38. The highest BCUT2D eigenvalue weighted by Crippen LogP contribution is 2.20. The van der Waals surface area contributed by atoms with Gasteiger partial charge < -0.3 is 5.32 Å². The molecular formula is C10H18N2O. The van der Waals surface area contributed by atoms with Crippen LogP contribution in [0.5, 0.6) is 0 Å². The molecule has 0 fully saturated rings. The summed E-state index contributed by atoms with van der Waals surface area (Å²) in [7, 11) is 1.80. The summed E-state index contributed by atoms with van der Waals surface area (Å²) < 4.78 is 0. The second kappa shape index (κ2) is 6.40. The van der Waals surface area contributed by atoms with Crippen LogP contribution in [0.3, 0.4) is 0 Å². The maximum absolute atomic E-state index is 10.5. The minimum Gasteiger partial charge on any atom is -0.388 e. The maximum Gasteiger partial charge on any atom is 0.0898 e. The topological polar surface area (TPSA) is 41.5 Å². The van der Waals surface area contributed by atoms with E-state index in [-0.39, 0.29) is 0 Å². The maximum atomic E-state index is 10.5. The lowest BCUT2D eigenvalue weighted by molar-refractivity contribution is 0.840. The minimum absolute atomic E-state index is 0.612. The Hall–Kier alpha value is -1.12. The third-order valence-corrected chi connectivity index (χ3v) is 1.96. The molecule has 0 aliphatic rings. The van der Waals surface area contributed by atoms with Gasteiger partial charge in [0, 0.05) is 12.7 Å². The number of likely N-dealkylation sites (N-methyl/N-ethyl adjacent to an activating group) is 1. The van der Waals surface area contributed by atoms with Crippen molar-refractivity contribution in [2.24, 2.45) is 5.18 Å². The third kappa shape index (κ3) is 3.40. The van der Waals surface area contributed by atoms with Crippen LogP contribution in [-0.2, 0) is 0 Å². The Balaban J connectivity index is 4.83. The summed E-state index contributed by atoms with van der Waals surface area (Å²) in [5, 5.41) is 5.97. The molecule has 0 heterocycles. The van der Waals surface area contributed by atoms with E-state index in [0.717, 1.165) is 24.1 Å². The van der Waals surface area contributed by atoms with E-state index in [1.807, 2.05) is 6.92 Å². The van der Waals surface area contributed by atoms with Crippen molar-refractivity contribution < 1.29 is 0 Å². The van der Waals surface area contributed by atoms with Crippen LogP contribution in [0.25, 0.3) is 0 Å². The van der Waals surface area contributed by atoms with Crippen molar-refractivity contribution in [1.29, 1.82) is 0 Å². The highest BCUT2D eigenvalue weighted by Gasteiger charge is 2.07. The van der Waals surface area contributed by atoms with Gasteiger partial charge in [-0.2, -0.15) is 0 Å². The lowest BCUT2D eigenvalue weighted by Crippen LogP contribution is -2.08. The molecule has 0 atom stereocenters. The van der Waals surface area contributed by atoms with Crippen molar-refractivity contribution in [3.8, 4) is 0 Å². The number of nitrogens with one attached hydrogen (secondary N) is 1. The molecule has 0 aromatic rings. The lowest BCUT2D eigenvalue weighted by atomic mass is 10.0. The van der Waals surface area contributed by atoms with Crippen molar-refractivity contribution >= 4 is 0 Å². The number of nitroso groups, excluding NO2 is 1. The summed E-state index contributed by atoms with van der Waals surface area (Å²) in [5.74, 6) is 0. The molecule has 0 amide bonds. The van der Waals surface area contributed by atoms with Gasteiger partial charge in [0.25, 0.3) is 0 Å². The monoisotopic (exact) mass is 182 g/mol. The second-order valence-corrected chi connectivity index (χ2v) is 2.85. The van der Waals surface area contributed by atoms with Crippen molar-refractivity contribution in [3.05, 3.63) is 28.5 Å².